The Morgan fingerprint density at radius 3 is 2.25 bits per heavy atom. The first-order valence-electron chi connectivity index (χ1n) is 7.59. The third kappa shape index (κ3) is 2.74. The highest BCUT2D eigenvalue weighted by Crippen LogP contribution is 2.26. The summed E-state index contributed by atoms with van der Waals surface area (Å²) in [5.41, 5.74) is 1.64. The smallest absolute Gasteiger partial charge is 0.272 e. The number of carbonyl (C=O) groups is 1. The van der Waals surface area contributed by atoms with E-state index in [9.17, 15) is 4.79 Å². The number of rotatable bonds is 1. The van der Waals surface area contributed by atoms with E-state index >= 15 is 0 Å². The van der Waals surface area contributed by atoms with Crippen LogP contribution in [0, 0.1) is 0 Å². The number of carbonyl (C=O) groups excluding carboxylic acids is 1. The van der Waals surface area contributed by atoms with Crippen molar-refractivity contribution in [1.29, 1.82) is 0 Å². The van der Waals surface area contributed by atoms with Gasteiger partial charge < -0.3 is 4.90 Å². The summed E-state index contributed by atoms with van der Waals surface area (Å²) in [5.74, 6) is 0.121. The molecule has 4 nitrogen and oxygen atoms in total. The largest absolute Gasteiger partial charge is 0.332 e. The molecule has 2 unspecified atom stereocenters. The Morgan fingerprint density at radius 2 is 1.80 bits per heavy atom. The summed E-state index contributed by atoms with van der Waals surface area (Å²) in [4.78, 5) is 14.9. The van der Waals surface area contributed by atoms with E-state index in [4.69, 9.17) is 0 Å². The molecule has 0 spiro atoms. The first-order chi connectivity index (χ1) is 9.21. The van der Waals surface area contributed by atoms with Crippen LogP contribution >= 0.6 is 0 Å². The lowest BCUT2D eigenvalue weighted by Gasteiger charge is -2.38. The zero-order valence-electron chi connectivity index (χ0n) is 13.6. The normalized spacial score (nSPS) is 24.0. The third-order valence-electron chi connectivity index (χ3n) is 4.30. The van der Waals surface area contributed by atoms with Crippen LogP contribution in [0.2, 0.25) is 0 Å². The molecule has 0 saturated carbocycles. The molecular formula is C16H27N3O. The van der Waals surface area contributed by atoms with Gasteiger partial charge in [0.05, 0.1) is 5.69 Å². The number of aromatic nitrogens is 2. The molecular weight excluding hydrogens is 250 g/mol. The molecule has 0 N–H and O–H groups in total. The van der Waals surface area contributed by atoms with Crippen LogP contribution in [0.1, 0.15) is 70.1 Å². The van der Waals surface area contributed by atoms with Crippen molar-refractivity contribution in [2.75, 3.05) is 0 Å². The van der Waals surface area contributed by atoms with Crippen molar-refractivity contribution in [2.24, 2.45) is 7.05 Å². The molecule has 112 valence electrons. The van der Waals surface area contributed by atoms with E-state index in [0.29, 0.717) is 17.8 Å². The molecule has 1 aromatic rings. The summed E-state index contributed by atoms with van der Waals surface area (Å²) in [6, 6.07) is 2.59. The van der Waals surface area contributed by atoms with Crippen molar-refractivity contribution >= 4 is 5.91 Å². The summed E-state index contributed by atoms with van der Waals surface area (Å²) in [6.07, 6.45) is 3.41. The molecule has 0 aliphatic carbocycles. The predicted octanol–water partition coefficient (Wildman–Crippen LogP) is 3.12. The van der Waals surface area contributed by atoms with Crippen LogP contribution in [0.5, 0.6) is 0 Å². The fraction of sp³-hybridized carbons (Fsp3) is 0.750. The summed E-state index contributed by atoms with van der Waals surface area (Å²) in [7, 11) is 1.86. The van der Waals surface area contributed by atoms with Gasteiger partial charge in [-0.15, -0.1) is 0 Å². The quantitative estimate of drug-likeness (QED) is 0.791. The molecule has 2 rings (SSSR count). The van der Waals surface area contributed by atoms with Crippen LogP contribution < -0.4 is 0 Å². The Bertz CT molecular complexity index is 488. The third-order valence-corrected chi connectivity index (χ3v) is 4.30. The van der Waals surface area contributed by atoms with Crippen LogP contribution in [-0.4, -0.2) is 32.7 Å². The molecule has 1 fully saturated rings. The highest BCUT2D eigenvalue weighted by molar-refractivity contribution is 5.93. The van der Waals surface area contributed by atoms with Crippen molar-refractivity contribution in [3.8, 4) is 0 Å². The minimum absolute atomic E-state index is 0.0323. The van der Waals surface area contributed by atoms with Crippen molar-refractivity contribution in [3.63, 3.8) is 0 Å². The van der Waals surface area contributed by atoms with Gasteiger partial charge in [-0.25, -0.2) is 0 Å². The molecule has 1 aliphatic heterocycles. The van der Waals surface area contributed by atoms with Crippen LogP contribution in [0.3, 0.4) is 0 Å². The Labute approximate surface area is 122 Å². The average molecular weight is 277 g/mol. The van der Waals surface area contributed by atoms with Gasteiger partial charge in [0, 0.05) is 24.5 Å². The lowest BCUT2D eigenvalue weighted by Crippen LogP contribution is -2.48. The van der Waals surface area contributed by atoms with Gasteiger partial charge >= 0.3 is 0 Å². The predicted molar refractivity (Wildman–Crippen MR) is 80.9 cm³/mol. The topological polar surface area (TPSA) is 38.1 Å². The first kappa shape index (κ1) is 15.1. The first-order valence-corrected chi connectivity index (χ1v) is 7.59. The Kier molecular flexibility index (Phi) is 3.94. The van der Waals surface area contributed by atoms with Crippen molar-refractivity contribution in [3.05, 3.63) is 17.5 Å². The summed E-state index contributed by atoms with van der Waals surface area (Å²) >= 11 is 0. The van der Waals surface area contributed by atoms with E-state index in [0.717, 1.165) is 18.5 Å². The molecule has 1 amide bonds. The highest BCUT2D eigenvalue weighted by atomic mass is 16.2. The summed E-state index contributed by atoms with van der Waals surface area (Å²) in [5, 5.41) is 4.52. The van der Waals surface area contributed by atoms with Gasteiger partial charge in [-0.05, 0) is 39.2 Å². The maximum absolute atomic E-state index is 12.8. The van der Waals surface area contributed by atoms with E-state index < -0.39 is 0 Å². The van der Waals surface area contributed by atoms with E-state index in [1.807, 2.05) is 18.0 Å². The maximum atomic E-state index is 12.8. The molecule has 20 heavy (non-hydrogen) atoms. The number of hydrogen-bond acceptors (Lipinski definition) is 2. The number of nitrogens with zero attached hydrogens (tertiary/aromatic N) is 3. The van der Waals surface area contributed by atoms with Gasteiger partial charge in [0.15, 0.2) is 0 Å². The Morgan fingerprint density at radius 1 is 1.25 bits per heavy atom. The minimum atomic E-state index is -0.0323. The van der Waals surface area contributed by atoms with Crippen molar-refractivity contribution < 1.29 is 4.79 Å². The van der Waals surface area contributed by atoms with E-state index in [1.54, 1.807) is 4.68 Å². The minimum Gasteiger partial charge on any atom is -0.332 e. The lowest BCUT2D eigenvalue weighted by atomic mass is 9.92. The van der Waals surface area contributed by atoms with Crippen molar-refractivity contribution in [1.82, 2.24) is 14.7 Å². The Balaban J connectivity index is 2.31. The van der Waals surface area contributed by atoms with Crippen LogP contribution in [0.15, 0.2) is 6.07 Å². The van der Waals surface area contributed by atoms with E-state index in [-0.39, 0.29) is 11.3 Å². The molecule has 0 radical (unpaired) electrons. The number of amides is 1. The molecule has 0 aromatic carbocycles. The Hall–Kier alpha value is -1.32. The molecule has 1 aliphatic rings. The average Bonchev–Trinajstić information content (AvgIpc) is 2.70. The van der Waals surface area contributed by atoms with Gasteiger partial charge in [0.25, 0.3) is 5.91 Å². The second-order valence-corrected chi connectivity index (χ2v) is 7.13. The standard InChI is InChI=1S/C16H27N3O/c1-11-8-7-9-12(2)19(11)15(20)13-10-14(16(3,4)5)17-18(13)6/h10-12H,7-9H2,1-6H3. The SMILES string of the molecule is CC1CCCC(C)N1C(=O)c1cc(C(C)(C)C)nn1C. The number of piperidine rings is 1. The van der Waals surface area contributed by atoms with Crippen molar-refractivity contribution in [2.45, 2.75) is 71.4 Å². The van der Waals surface area contributed by atoms with Crippen LogP contribution in [0.25, 0.3) is 0 Å². The van der Waals surface area contributed by atoms with Gasteiger partial charge in [-0.3, -0.25) is 9.48 Å². The second kappa shape index (κ2) is 5.23. The summed E-state index contributed by atoms with van der Waals surface area (Å²) in [6.45, 7) is 10.7. The fourth-order valence-corrected chi connectivity index (χ4v) is 2.99. The van der Waals surface area contributed by atoms with Gasteiger partial charge in [0.1, 0.15) is 5.69 Å². The molecule has 2 heterocycles. The number of aryl methyl sites for hydroxylation is 1. The maximum Gasteiger partial charge on any atom is 0.272 e. The van der Waals surface area contributed by atoms with Crippen LogP contribution in [-0.2, 0) is 12.5 Å². The zero-order chi connectivity index (χ0) is 15.1. The van der Waals surface area contributed by atoms with E-state index in [2.05, 4.69) is 39.7 Å². The van der Waals surface area contributed by atoms with Gasteiger partial charge in [-0.1, -0.05) is 20.8 Å². The molecule has 4 heteroatoms. The number of hydrogen-bond donors (Lipinski definition) is 0. The summed E-state index contributed by atoms with van der Waals surface area (Å²) < 4.78 is 1.73. The molecule has 1 saturated heterocycles. The van der Waals surface area contributed by atoms with Crippen LogP contribution in [0.4, 0.5) is 0 Å². The molecule has 1 aromatic heterocycles. The molecule has 2 atom stereocenters. The molecule has 0 bridgehead atoms. The lowest BCUT2D eigenvalue weighted by molar-refractivity contribution is 0.0499. The highest BCUT2D eigenvalue weighted by Gasteiger charge is 2.32. The van der Waals surface area contributed by atoms with E-state index in [1.165, 1.54) is 6.42 Å². The van der Waals surface area contributed by atoms with Gasteiger partial charge in [0.2, 0.25) is 0 Å². The number of likely N-dealkylation sites (tertiary alicyclic amines) is 1. The monoisotopic (exact) mass is 277 g/mol. The zero-order valence-corrected chi connectivity index (χ0v) is 13.6. The van der Waals surface area contributed by atoms with Gasteiger partial charge in [-0.2, -0.15) is 5.10 Å². The second-order valence-electron chi connectivity index (χ2n) is 7.13. The fourth-order valence-electron chi connectivity index (χ4n) is 2.99.